The van der Waals surface area contributed by atoms with Gasteiger partial charge in [-0.05, 0) is 82.7 Å². The molecule has 0 aliphatic carbocycles. The number of hydrogen-bond acceptors (Lipinski definition) is 7. The van der Waals surface area contributed by atoms with Crippen LogP contribution in [0.25, 0.3) is 6.08 Å². The van der Waals surface area contributed by atoms with Gasteiger partial charge in [-0.15, -0.1) is 0 Å². The highest BCUT2D eigenvalue weighted by Gasteiger charge is 2.35. The zero-order valence-electron chi connectivity index (χ0n) is 17.5. The maximum atomic E-state index is 12.9. The Hall–Kier alpha value is -1.95. The summed E-state index contributed by atoms with van der Waals surface area (Å²) in [4.78, 5) is 38.3. The Morgan fingerprint density at radius 2 is 1.94 bits per heavy atom. The molecule has 0 saturated carbocycles. The molecule has 0 N–H and O–H groups in total. The molecular formula is C22H18Cl2INO6S. The Bertz CT molecular complexity index is 1140. The van der Waals surface area contributed by atoms with Crippen molar-refractivity contribution >= 4 is 80.7 Å². The van der Waals surface area contributed by atoms with Gasteiger partial charge in [0.15, 0.2) is 18.1 Å². The third-order valence-electron chi connectivity index (χ3n) is 4.41. The van der Waals surface area contributed by atoms with E-state index < -0.39 is 17.1 Å². The van der Waals surface area contributed by atoms with Crippen LogP contribution in [0.1, 0.15) is 18.1 Å². The van der Waals surface area contributed by atoms with Crippen LogP contribution in [0.2, 0.25) is 10.0 Å². The third-order valence-corrected chi connectivity index (χ3v) is 6.70. The summed E-state index contributed by atoms with van der Waals surface area (Å²) in [5, 5.41) is 0.454. The quantitative estimate of drug-likeness (QED) is 0.210. The molecule has 3 rings (SSSR count). The molecule has 0 bridgehead atoms. The van der Waals surface area contributed by atoms with Crippen LogP contribution in [0.4, 0.5) is 4.79 Å². The van der Waals surface area contributed by atoms with E-state index in [1.54, 1.807) is 36.4 Å². The number of hydrogen-bond donors (Lipinski definition) is 0. The monoisotopic (exact) mass is 621 g/mol. The number of nitrogens with zero attached hydrogens (tertiary/aromatic N) is 1. The summed E-state index contributed by atoms with van der Waals surface area (Å²) in [6.07, 6.45) is 1.61. The van der Waals surface area contributed by atoms with Crippen molar-refractivity contribution in [2.24, 2.45) is 0 Å². The zero-order valence-corrected chi connectivity index (χ0v) is 22.0. The molecule has 33 heavy (non-hydrogen) atoms. The lowest BCUT2D eigenvalue weighted by Crippen LogP contribution is -2.27. The Kier molecular flexibility index (Phi) is 8.91. The average molecular weight is 622 g/mol. The fraction of sp³-hybridized carbons (Fsp3) is 0.227. The van der Waals surface area contributed by atoms with Gasteiger partial charge < -0.3 is 14.2 Å². The van der Waals surface area contributed by atoms with Crippen molar-refractivity contribution in [1.82, 2.24) is 4.90 Å². The molecular weight excluding hydrogens is 604 g/mol. The number of carbonyl (C=O) groups excluding carboxylic acids is 3. The summed E-state index contributed by atoms with van der Waals surface area (Å²) in [7, 11) is 1.27. The van der Waals surface area contributed by atoms with Gasteiger partial charge in [0.2, 0.25) is 0 Å². The van der Waals surface area contributed by atoms with Crippen molar-refractivity contribution in [3.8, 4) is 11.5 Å². The van der Waals surface area contributed by atoms with E-state index in [4.69, 9.17) is 32.7 Å². The highest BCUT2D eigenvalue weighted by molar-refractivity contribution is 14.1. The summed E-state index contributed by atoms with van der Waals surface area (Å²) in [5.41, 5.74) is 1.26. The minimum Gasteiger partial charge on any atom is -0.490 e. The number of thioether (sulfide) groups is 1. The maximum absolute atomic E-state index is 12.9. The Morgan fingerprint density at radius 1 is 1.18 bits per heavy atom. The summed E-state index contributed by atoms with van der Waals surface area (Å²) < 4.78 is 16.5. The molecule has 0 aromatic heterocycles. The van der Waals surface area contributed by atoms with Gasteiger partial charge in [0, 0.05) is 10.0 Å². The first-order valence-electron chi connectivity index (χ1n) is 9.58. The first-order valence-corrected chi connectivity index (χ1v) is 12.2. The topological polar surface area (TPSA) is 82.1 Å². The van der Waals surface area contributed by atoms with E-state index in [-0.39, 0.29) is 18.1 Å². The second-order valence-corrected chi connectivity index (χ2v) is 9.63. The SMILES string of the molecule is CCOc1cc(/C=C2/SC(=O)N(Cc3ccc(Cl)cc3Cl)C2=O)cc(I)c1OCC(=O)OC. The van der Waals surface area contributed by atoms with Crippen LogP contribution in [-0.4, -0.2) is 42.3 Å². The first kappa shape index (κ1) is 25.7. The second kappa shape index (κ2) is 11.5. The lowest BCUT2D eigenvalue weighted by Gasteiger charge is -2.14. The van der Waals surface area contributed by atoms with E-state index in [2.05, 4.69) is 27.3 Å². The van der Waals surface area contributed by atoms with Crippen LogP contribution in [0, 0.1) is 3.57 Å². The van der Waals surface area contributed by atoms with Crippen LogP contribution in [0.3, 0.4) is 0 Å². The Morgan fingerprint density at radius 3 is 2.61 bits per heavy atom. The van der Waals surface area contributed by atoms with Crippen molar-refractivity contribution in [2.45, 2.75) is 13.5 Å². The molecule has 1 fully saturated rings. The smallest absolute Gasteiger partial charge is 0.343 e. The minimum absolute atomic E-state index is 0.0417. The summed E-state index contributed by atoms with van der Waals surface area (Å²) in [6, 6.07) is 8.34. The molecule has 1 aliphatic rings. The molecule has 1 heterocycles. The normalized spacial score (nSPS) is 14.7. The van der Waals surface area contributed by atoms with E-state index >= 15 is 0 Å². The molecule has 1 aliphatic heterocycles. The van der Waals surface area contributed by atoms with E-state index in [0.29, 0.717) is 42.8 Å². The third kappa shape index (κ3) is 6.34. The lowest BCUT2D eigenvalue weighted by atomic mass is 10.1. The number of esters is 1. The summed E-state index contributed by atoms with van der Waals surface area (Å²) in [6.45, 7) is 1.96. The van der Waals surface area contributed by atoms with Gasteiger partial charge in [0.05, 0.1) is 28.7 Å². The number of carbonyl (C=O) groups is 3. The van der Waals surface area contributed by atoms with Gasteiger partial charge >= 0.3 is 5.97 Å². The van der Waals surface area contributed by atoms with Gasteiger partial charge in [-0.2, -0.15) is 0 Å². The first-order chi connectivity index (χ1) is 15.7. The molecule has 0 radical (unpaired) electrons. The number of ether oxygens (including phenoxy) is 3. The van der Waals surface area contributed by atoms with Crippen LogP contribution >= 0.6 is 57.6 Å². The number of methoxy groups -OCH3 is 1. The standard InChI is InChI=1S/C22H18Cl2INO6S/c1-3-31-17-7-12(6-16(25)20(17)32-11-19(27)30-2)8-18-21(28)26(22(29)33-18)10-13-4-5-14(23)9-15(13)24/h4-9H,3,10-11H2,1-2H3/b18-8+. The van der Waals surface area contributed by atoms with E-state index in [1.165, 1.54) is 7.11 Å². The van der Waals surface area contributed by atoms with Crippen LogP contribution in [-0.2, 0) is 20.9 Å². The van der Waals surface area contributed by atoms with Gasteiger partial charge in [-0.1, -0.05) is 29.3 Å². The highest BCUT2D eigenvalue weighted by Crippen LogP contribution is 2.38. The largest absolute Gasteiger partial charge is 0.490 e. The predicted octanol–water partition coefficient (Wildman–Crippen LogP) is 5.79. The molecule has 2 amide bonds. The molecule has 174 valence electrons. The highest BCUT2D eigenvalue weighted by atomic mass is 127. The van der Waals surface area contributed by atoms with Crippen LogP contribution in [0.5, 0.6) is 11.5 Å². The van der Waals surface area contributed by atoms with Crippen molar-refractivity contribution in [2.75, 3.05) is 20.3 Å². The van der Waals surface area contributed by atoms with Gasteiger partial charge in [0.25, 0.3) is 11.1 Å². The number of amides is 2. The van der Waals surface area contributed by atoms with E-state index in [0.717, 1.165) is 16.7 Å². The average Bonchev–Trinajstić information content (AvgIpc) is 3.02. The molecule has 2 aromatic rings. The number of rotatable bonds is 8. The van der Waals surface area contributed by atoms with Gasteiger partial charge in [0.1, 0.15) is 0 Å². The predicted molar refractivity (Wildman–Crippen MR) is 136 cm³/mol. The summed E-state index contributed by atoms with van der Waals surface area (Å²) in [5.74, 6) is -0.140. The number of benzene rings is 2. The van der Waals surface area contributed by atoms with Crippen LogP contribution in [0.15, 0.2) is 35.2 Å². The fourth-order valence-electron chi connectivity index (χ4n) is 2.87. The molecule has 0 unspecified atom stereocenters. The molecule has 0 spiro atoms. The van der Waals surface area contributed by atoms with Crippen molar-refractivity contribution in [3.63, 3.8) is 0 Å². The van der Waals surface area contributed by atoms with Crippen molar-refractivity contribution in [3.05, 3.63) is 60.0 Å². The second-order valence-electron chi connectivity index (χ2n) is 6.63. The summed E-state index contributed by atoms with van der Waals surface area (Å²) >= 11 is 15.0. The molecule has 11 heteroatoms. The maximum Gasteiger partial charge on any atom is 0.343 e. The van der Waals surface area contributed by atoms with E-state index in [9.17, 15) is 14.4 Å². The Labute approximate surface area is 218 Å². The number of halogens is 3. The molecule has 7 nitrogen and oxygen atoms in total. The minimum atomic E-state index is -0.521. The van der Waals surface area contributed by atoms with Gasteiger partial charge in [-0.3, -0.25) is 14.5 Å². The van der Waals surface area contributed by atoms with Gasteiger partial charge in [-0.25, -0.2) is 4.79 Å². The fourth-order valence-corrected chi connectivity index (χ4v) is 4.96. The molecule has 0 atom stereocenters. The zero-order chi connectivity index (χ0) is 24.1. The molecule has 1 saturated heterocycles. The van der Waals surface area contributed by atoms with Crippen molar-refractivity contribution in [1.29, 1.82) is 0 Å². The number of imide groups is 1. The van der Waals surface area contributed by atoms with E-state index in [1.807, 2.05) is 6.92 Å². The lowest BCUT2D eigenvalue weighted by molar-refractivity contribution is -0.143. The molecule has 2 aromatic carbocycles. The Balaban J connectivity index is 1.85. The van der Waals surface area contributed by atoms with Crippen molar-refractivity contribution < 1.29 is 28.6 Å². The van der Waals surface area contributed by atoms with Crippen LogP contribution < -0.4 is 9.47 Å².